The van der Waals surface area contributed by atoms with Crippen LogP contribution < -0.4 is 10.2 Å². The largest absolute Gasteiger partial charge is 0.488 e. The highest BCUT2D eigenvalue weighted by atomic mass is 79.9. The number of amides is 1. The Bertz CT molecular complexity index is 914. The minimum Gasteiger partial charge on any atom is -0.488 e. The third-order valence-corrected chi connectivity index (χ3v) is 3.97. The van der Waals surface area contributed by atoms with E-state index in [1.165, 1.54) is 6.21 Å². The molecule has 1 aromatic heterocycles. The van der Waals surface area contributed by atoms with Gasteiger partial charge in [-0.05, 0) is 35.9 Å². The molecule has 5 nitrogen and oxygen atoms in total. The summed E-state index contributed by atoms with van der Waals surface area (Å²) in [6, 6.07) is 18.5. The molecule has 1 N–H and O–H groups in total. The number of hydrogen-bond acceptors (Lipinski definition) is 4. The number of carbonyl (C=O) groups excluding carboxylic acids is 1. The predicted molar refractivity (Wildman–Crippen MR) is 104 cm³/mol. The zero-order valence-corrected chi connectivity index (χ0v) is 15.4. The maximum absolute atomic E-state index is 12.4. The monoisotopic (exact) mass is 409 g/mol. The number of pyridine rings is 1. The molecular formula is C20H16BrN3O2. The maximum Gasteiger partial charge on any atom is 0.275 e. The third-order valence-electron chi connectivity index (χ3n) is 3.48. The van der Waals surface area contributed by atoms with Gasteiger partial charge in [0.25, 0.3) is 5.91 Å². The van der Waals surface area contributed by atoms with Gasteiger partial charge in [-0.25, -0.2) is 5.43 Å². The number of carbonyl (C=O) groups is 1. The van der Waals surface area contributed by atoms with E-state index >= 15 is 0 Å². The van der Waals surface area contributed by atoms with Crippen molar-refractivity contribution in [3.8, 4) is 5.75 Å². The summed E-state index contributed by atoms with van der Waals surface area (Å²) in [4.78, 5) is 16.4. The second-order valence-corrected chi connectivity index (χ2v) is 6.32. The molecule has 0 aliphatic rings. The lowest BCUT2D eigenvalue weighted by molar-refractivity contribution is 0.0950. The molecule has 0 aliphatic heterocycles. The van der Waals surface area contributed by atoms with Gasteiger partial charge in [-0.1, -0.05) is 46.3 Å². The van der Waals surface area contributed by atoms with Crippen molar-refractivity contribution in [1.29, 1.82) is 0 Å². The van der Waals surface area contributed by atoms with Gasteiger partial charge >= 0.3 is 0 Å². The average Bonchev–Trinajstić information content (AvgIpc) is 2.67. The number of aromatic nitrogens is 1. The lowest BCUT2D eigenvalue weighted by Gasteiger charge is -2.10. The molecule has 0 atom stereocenters. The fraction of sp³-hybridized carbons (Fsp3) is 0.0500. The van der Waals surface area contributed by atoms with E-state index in [9.17, 15) is 4.79 Å². The molecule has 0 bridgehead atoms. The van der Waals surface area contributed by atoms with Crippen LogP contribution in [-0.4, -0.2) is 17.1 Å². The summed E-state index contributed by atoms with van der Waals surface area (Å²) < 4.78 is 6.80. The Kier molecular flexibility index (Phi) is 6.11. The smallest absolute Gasteiger partial charge is 0.275 e. The Morgan fingerprint density at radius 3 is 2.85 bits per heavy atom. The molecule has 0 saturated heterocycles. The van der Waals surface area contributed by atoms with Crippen molar-refractivity contribution in [1.82, 2.24) is 10.4 Å². The molecule has 0 unspecified atom stereocenters. The first-order valence-corrected chi connectivity index (χ1v) is 8.71. The first-order chi connectivity index (χ1) is 12.7. The summed E-state index contributed by atoms with van der Waals surface area (Å²) in [5.41, 5.74) is 4.73. The molecule has 3 aromatic rings. The van der Waals surface area contributed by atoms with E-state index in [-0.39, 0.29) is 5.91 Å². The third kappa shape index (κ3) is 5.00. The minimum absolute atomic E-state index is 0.338. The van der Waals surface area contributed by atoms with E-state index in [2.05, 4.69) is 31.4 Å². The van der Waals surface area contributed by atoms with Crippen molar-refractivity contribution >= 4 is 28.1 Å². The zero-order chi connectivity index (χ0) is 18.2. The molecule has 1 heterocycles. The van der Waals surface area contributed by atoms with Gasteiger partial charge < -0.3 is 4.74 Å². The van der Waals surface area contributed by atoms with E-state index in [1.54, 1.807) is 36.7 Å². The molecule has 0 radical (unpaired) electrons. The summed E-state index contributed by atoms with van der Waals surface area (Å²) in [5.74, 6) is 0.163. The van der Waals surface area contributed by atoms with Crippen LogP contribution in [0.1, 0.15) is 21.5 Å². The zero-order valence-electron chi connectivity index (χ0n) is 13.8. The minimum atomic E-state index is -0.338. The Labute approximate surface area is 159 Å². The van der Waals surface area contributed by atoms with Gasteiger partial charge in [-0.15, -0.1) is 0 Å². The number of benzene rings is 2. The number of nitrogens with zero attached hydrogens (tertiary/aromatic N) is 2. The highest BCUT2D eigenvalue weighted by Crippen LogP contribution is 2.20. The summed E-state index contributed by atoms with van der Waals surface area (Å²) in [5, 5.41) is 3.96. The number of nitrogens with one attached hydrogen (secondary N) is 1. The van der Waals surface area contributed by atoms with Crippen LogP contribution in [0.15, 0.2) is 82.6 Å². The summed E-state index contributed by atoms with van der Waals surface area (Å²) in [6.07, 6.45) is 4.87. The number of halogens is 1. The van der Waals surface area contributed by atoms with Crippen molar-refractivity contribution in [2.75, 3.05) is 0 Å². The summed E-state index contributed by atoms with van der Waals surface area (Å²) in [6.45, 7) is 0.364. The van der Waals surface area contributed by atoms with E-state index < -0.39 is 0 Å². The first-order valence-electron chi connectivity index (χ1n) is 7.92. The second kappa shape index (κ2) is 8.92. The van der Waals surface area contributed by atoms with E-state index in [0.29, 0.717) is 17.9 Å². The highest BCUT2D eigenvalue weighted by Gasteiger charge is 2.11. The van der Waals surface area contributed by atoms with Crippen LogP contribution in [0.2, 0.25) is 0 Å². The standard InChI is InChI=1S/C20H16BrN3O2/c21-17-7-3-5-15(11-17)14-26-19-9-2-1-8-18(19)20(25)24-23-13-16-6-4-10-22-12-16/h1-13H,14H2,(H,24,25)/b23-13-. The van der Waals surface area contributed by atoms with Crippen LogP contribution in [0, 0.1) is 0 Å². The normalized spacial score (nSPS) is 10.7. The number of para-hydroxylation sites is 1. The van der Waals surface area contributed by atoms with Gasteiger partial charge in [0.15, 0.2) is 0 Å². The molecule has 26 heavy (non-hydrogen) atoms. The Morgan fingerprint density at radius 1 is 1.15 bits per heavy atom. The van der Waals surface area contributed by atoms with Crippen LogP contribution in [0.25, 0.3) is 0 Å². The van der Waals surface area contributed by atoms with Crippen LogP contribution in [-0.2, 0) is 6.61 Å². The average molecular weight is 410 g/mol. The SMILES string of the molecule is O=C(N/N=C\c1cccnc1)c1ccccc1OCc1cccc(Br)c1. The number of hydrazone groups is 1. The fourth-order valence-electron chi connectivity index (χ4n) is 2.25. The molecule has 0 fully saturated rings. The Hall–Kier alpha value is -2.99. The summed E-state index contributed by atoms with van der Waals surface area (Å²) >= 11 is 3.43. The molecule has 1 amide bonds. The second-order valence-electron chi connectivity index (χ2n) is 5.40. The van der Waals surface area contributed by atoms with Gasteiger partial charge in [0.05, 0.1) is 11.8 Å². The van der Waals surface area contributed by atoms with Crippen LogP contribution in [0.5, 0.6) is 5.75 Å². The molecule has 130 valence electrons. The van der Waals surface area contributed by atoms with Gasteiger partial charge in [-0.2, -0.15) is 5.10 Å². The Morgan fingerprint density at radius 2 is 2.04 bits per heavy atom. The molecule has 2 aromatic carbocycles. The topological polar surface area (TPSA) is 63.6 Å². The van der Waals surface area contributed by atoms with Crippen LogP contribution in [0.4, 0.5) is 0 Å². The molecular weight excluding hydrogens is 394 g/mol. The lowest BCUT2D eigenvalue weighted by atomic mass is 10.2. The van der Waals surface area contributed by atoms with Crippen LogP contribution >= 0.6 is 15.9 Å². The van der Waals surface area contributed by atoms with Crippen LogP contribution in [0.3, 0.4) is 0 Å². The van der Waals surface area contributed by atoms with E-state index in [0.717, 1.165) is 15.6 Å². The first kappa shape index (κ1) is 17.8. The molecule has 0 saturated carbocycles. The number of rotatable bonds is 6. The quantitative estimate of drug-likeness (QED) is 0.490. The molecule has 6 heteroatoms. The molecule has 0 aliphatic carbocycles. The van der Waals surface area contributed by atoms with E-state index in [4.69, 9.17) is 4.74 Å². The number of hydrogen-bond donors (Lipinski definition) is 1. The molecule has 3 rings (SSSR count). The van der Waals surface area contributed by atoms with Crippen molar-refractivity contribution in [3.63, 3.8) is 0 Å². The van der Waals surface area contributed by atoms with Gasteiger partial charge in [-0.3, -0.25) is 9.78 Å². The predicted octanol–water partition coefficient (Wildman–Crippen LogP) is 4.19. The molecule has 0 spiro atoms. The fourth-order valence-corrected chi connectivity index (χ4v) is 2.69. The van der Waals surface area contributed by atoms with E-state index in [1.807, 2.05) is 36.4 Å². The number of ether oxygens (including phenoxy) is 1. The van der Waals surface area contributed by atoms with Gasteiger partial charge in [0.1, 0.15) is 12.4 Å². The Balaban J connectivity index is 1.66. The van der Waals surface area contributed by atoms with Crippen molar-refractivity contribution in [3.05, 3.63) is 94.2 Å². The lowest BCUT2D eigenvalue weighted by Crippen LogP contribution is -2.18. The highest BCUT2D eigenvalue weighted by molar-refractivity contribution is 9.10. The van der Waals surface area contributed by atoms with Crippen molar-refractivity contribution in [2.24, 2.45) is 5.10 Å². The maximum atomic E-state index is 12.4. The van der Waals surface area contributed by atoms with Crippen molar-refractivity contribution < 1.29 is 9.53 Å². The summed E-state index contributed by atoms with van der Waals surface area (Å²) in [7, 11) is 0. The van der Waals surface area contributed by atoms with Crippen molar-refractivity contribution in [2.45, 2.75) is 6.61 Å². The van der Waals surface area contributed by atoms with Gasteiger partial charge in [0, 0.05) is 22.4 Å². The van der Waals surface area contributed by atoms with Gasteiger partial charge in [0.2, 0.25) is 0 Å².